The molecule has 0 spiro atoms. The molecule has 2 heterocycles. The zero-order valence-electron chi connectivity index (χ0n) is 8.86. The van der Waals surface area contributed by atoms with Crippen LogP contribution in [-0.4, -0.2) is 22.6 Å². The average Bonchev–Trinajstić information content (AvgIpc) is 2.23. The first-order valence-electron chi connectivity index (χ1n) is 5.30. The third kappa shape index (κ3) is 1.82. The standard InChI is InChI=1S/C10H16N4O/c1-7-4-2-3-5-14(7)9-8(11)10(15)13-6-12-9/h6-7H,2-5,11H2,1H3,(H,12,13,15). The molecule has 2 rings (SSSR count). The van der Waals surface area contributed by atoms with Crippen LogP contribution < -0.4 is 16.2 Å². The number of nitrogen functional groups attached to an aromatic ring is 1. The fraction of sp³-hybridized carbons (Fsp3) is 0.600. The van der Waals surface area contributed by atoms with Gasteiger partial charge in [-0.1, -0.05) is 0 Å². The normalized spacial score (nSPS) is 21.7. The summed E-state index contributed by atoms with van der Waals surface area (Å²) in [5.41, 5.74) is 5.70. The number of hydrogen-bond acceptors (Lipinski definition) is 4. The van der Waals surface area contributed by atoms with E-state index in [-0.39, 0.29) is 11.2 Å². The minimum absolute atomic E-state index is 0.228. The molecular formula is C10H16N4O. The van der Waals surface area contributed by atoms with Crippen molar-refractivity contribution >= 4 is 11.5 Å². The van der Waals surface area contributed by atoms with Crippen molar-refractivity contribution in [2.24, 2.45) is 0 Å². The van der Waals surface area contributed by atoms with E-state index in [0.717, 1.165) is 19.4 Å². The Labute approximate surface area is 88.3 Å². The van der Waals surface area contributed by atoms with E-state index in [4.69, 9.17) is 5.73 Å². The molecule has 0 radical (unpaired) electrons. The van der Waals surface area contributed by atoms with Crippen molar-refractivity contribution in [3.63, 3.8) is 0 Å². The van der Waals surface area contributed by atoms with Crippen LogP contribution in [0, 0.1) is 0 Å². The molecule has 5 heteroatoms. The molecule has 1 unspecified atom stereocenters. The number of piperidine rings is 1. The zero-order valence-corrected chi connectivity index (χ0v) is 8.86. The number of aromatic nitrogens is 2. The number of nitrogens with one attached hydrogen (secondary N) is 1. The molecule has 0 aromatic carbocycles. The van der Waals surface area contributed by atoms with Crippen LogP contribution in [0.4, 0.5) is 11.5 Å². The number of rotatable bonds is 1. The Bertz CT molecular complexity index is 401. The highest BCUT2D eigenvalue weighted by molar-refractivity contribution is 5.61. The van der Waals surface area contributed by atoms with Gasteiger partial charge in [0.15, 0.2) is 5.82 Å². The van der Waals surface area contributed by atoms with Gasteiger partial charge in [-0.3, -0.25) is 4.79 Å². The molecule has 1 aliphatic heterocycles. The Hall–Kier alpha value is -1.52. The first kappa shape index (κ1) is 10.0. The van der Waals surface area contributed by atoms with Gasteiger partial charge in [-0.15, -0.1) is 0 Å². The van der Waals surface area contributed by atoms with Gasteiger partial charge in [-0.25, -0.2) is 4.98 Å². The topological polar surface area (TPSA) is 75.0 Å². The Morgan fingerprint density at radius 1 is 1.60 bits per heavy atom. The summed E-state index contributed by atoms with van der Waals surface area (Å²) in [6, 6.07) is 0.412. The second kappa shape index (κ2) is 3.92. The van der Waals surface area contributed by atoms with Crippen LogP contribution in [0.1, 0.15) is 26.2 Å². The summed E-state index contributed by atoms with van der Waals surface area (Å²) in [7, 11) is 0. The maximum Gasteiger partial charge on any atom is 0.276 e. The van der Waals surface area contributed by atoms with E-state index in [9.17, 15) is 4.79 Å². The minimum Gasteiger partial charge on any atom is -0.391 e. The molecule has 1 aromatic rings. The van der Waals surface area contributed by atoms with Gasteiger partial charge in [-0.05, 0) is 26.2 Å². The first-order valence-corrected chi connectivity index (χ1v) is 5.30. The van der Waals surface area contributed by atoms with Gasteiger partial charge in [0.2, 0.25) is 0 Å². The second-order valence-corrected chi connectivity index (χ2v) is 4.01. The summed E-state index contributed by atoms with van der Waals surface area (Å²) in [5, 5.41) is 0. The number of aromatic amines is 1. The monoisotopic (exact) mass is 208 g/mol. The van der Waals surface area contributed by atoms with E-state index < -0.39 is 0 Å². The minimum atomic E-state index is -0.252. The van der Waals surface area contributed by atoms with Gasteiger partial charge < -0.3 is 15.6 Å². The lowest BCUT2D eigenvalue weighted by atomic mass is 10.0. The lowest BCUT2D eigenvalue weighted by Gasteiger charge is -2.34. The van der Waals surface area contributed by atoms with Gasteiger partial charge in [-0.2, -0.15) is 0 Å². The summed E-state index contributed by atoms with van der Waals surface area (Å²) in [6.45, 7) is 3.07. The lowest BCUT2D eigenvalue weighted by molar-refractivity contribution is 0.481. The van der Waals surface area contributed by atoms with Crippen LogP contribution in [0.5, 0.6) is 0 Å². The predicted molar refractivity (Wildman–Crippen MR) is 59.9 cm³/mol. The molecule has 0 aliphatic carbocycles. The smallest absolute Gasteiger partial charge is 0.276 e. The number of H-pyrrole nitrogens is 1. The van der Waals surface area contributed by atoms with Crippen molar-refractivity contribution < 1.29 is 0 Å². The molecule has 0 bridgehead atoms. The van der Waals surface area contributed by atoms with E-state index in [1.54, 1.807) is 0 Å². The maximum absolute atomic E-state index is 11.3. The van der Waals surface area contributed by atoms with Crippen molar-refractivity contribution in [3.8, 4) is 0 Å². The lowest BCUT2D eigenvalue weighted by Crippen LogP contribution is -2.39. The number of hydrogen-bond donors (Lipinski definition) is 2. The zero-order chi connectivity index (χ0) is 10.8. The van der Waals surface area contributed by atoms with Gasteiger partial charge in [0.05, 0.1) is 6.33 Å². The molecule has 1 fully saturated rings. The van der Waals surface area contributed by atoms with Crippen LogP contribution in [-0.2, 0) is 0 Å². The fourth-order valence-electron chi connectivity index (χ4n) is 2.04. The number of anilines is 2. The molecule has 1 aromatic heterocycles. The fourth-order valence-corrected chi connectivity index (χ4v) is 2.04. The third-order valence-electron chi connectivity index (χ3n) is 2.94. The molecule has 15 heavy (non-hydrogen) atoms. The van der Waals surface area contributed by atoms with E-state index in [1.165, 1.54) is 12.7 Å². The van der Waals surface area contributed by atoms with E-state index >= 15 is 0 Å². The molecule has 1 saturated heterocycles. The molecule has 1 aliphatic rings. The predicted octanol–water partition coefficient (Wildman–Crippen LogP) is 0.731. The Balaban J connectivity index is 2.35. The van der Waals surface area contributed by atoms with Crippen LogP contribution >= 0.6 is 0 Å². The SMILES string of the molecule is CC1CCCCN1c1nc[nH]c(=O)c1N. The highest BCUT2D eigenvalue weighted by Crippen LogP contribution is 2.24. The first-order chi connectivity index (χ1) is 7.20. The molecule has 0 amide bonds. The van der Waals surface area contributed by atoms with Crippen LogP contribution in [0.3, 0.4) is 0 Å². The summed E-state index contributed by atoms with van der Waals surface area (Å²) >= 11 is 0. The van der Waals surface area contributed by atoms with Crippen molar-refractivity contribution in [2.75, 3.05) is 17.2 Å². The van der Waals surface area contributed by atoms with Crippen molar-refractivity contribution in [1.29, 1.82) is 0 Å². The number of nitrogens with zero attached hydrogens (tertiary/aromatic N) is 2. The molecule has 3 N–H and O–H groups in total. The summed E-state index contributed by atoms with van der Waals surface area (Å²) in [4.78, 5) is 20.1. The van der Waals surface area contributed by atoms with Gasteiger partial charge in [0.25, 0.3) is 5.56 Å². The van der Waals surface area contributed by atoms with E-state index in [1.807, 2.05) is 0 Å². The maximum atomic E-state index is 11.3. The molecule has 82 valence electrons. The molecular weight excluding hydrogens is 192 g/mol. The molecule has 5 nitrogen and oxygen atoms in total. The van der Waals surface area contributed by atoms with E-state index in [0.29, 0.717) is 11.9 Å². The molecule has 0 saturated carbocycles. The van der Waals surface area contributed by atoms with Crippen molar-refractivity contribution in [2.45, 2.75) is 32.2 Å². The van der Waals surface area contributed by atoms with Gasteiger partial charge in [0.1, 0.15) is 5.69 Å². The number of nitrogens with two attached hydrogens (primary N) is 1. The Kier molecular flexibility index (Phi) is 2.62. The molecule has 1 atom stereocenters. The highest BCUT2D eigenvalue weighted by atomic mass is 16.1. The third-order valence-corrected chi connectivity index (χ3v) is 2.94. The Morgan fingerprint density at radius 2 is 2.40 bits per heavy atom. The quantitative estimate of drug-likeness (QED) is 0.713. The summed E-state index contributed by atoms with van der Waals surface area (Å²) in [5.74, 6) is 0.631. The van der Waals surface area contributed by atoms with Crippen molar-refractivity contribution in [1.82, 2.24) is 9.97 Å². The second-order valence-electron chi connectivity index (χ2n) is 4.01. The van der Waals surface area contributed by atoms with Crippen molar-refractivity contribution in [3.05, 3.63) is 16.7 Å². The summed E-state index contributed by atoms with van der Waals surface area (Å²) < 4.78 is 0. The average molecular weight is 208 g/mol. The van der Waals surface area contributed by atoms with Crippen LogP contribution in [0.2, 0.25) is 0 Å². The van der Waals surface area contributed by atoms with Gasteiger partial charge in [0, 0.05) is 12.6 Å². The van der Waals surface area contributed by atoms with Gasteiger partial charge >= 0.3 is 0 Å². The highest BCUT2D eigenvalue weighted by Gasteiger charge is 2.22. The largest absolute Gasteiger partial charge is 0.391 e. The van der Waals surface area contributed by atoms with Crippen LogP contribution in [0.15, 0.2) is 11.1 Å². The summed E-state index contributed by atoms with van der Waals surface area (Å²) in [6.07, 6.45) is 4.92. The Morgan fingerprint density at radius 3 is 3.13 bits per heavy atom. The van der Waals surface area contributed by atoms with Crippen LogP contribution in [0.25, 0.3) is 0 Å². The van der Waals surface area contributed by atoms with E-state index in [2.05, 4.69) is 21.8 Å².